The number of carboxylic acid groups (broad SMARTS) is 1. The van der Waals surface area contributed by atoms with Gasteiger partial charge >= 0.3 is 5.97 Å². The SMILES string of the molecule is C=CN(C=O)CCC(=O)O. The van der Waals surface area contributed by atoms with Crippen LogP contribution in [0.1, 0.15) is 6.42 Å². The molecule has 0 aliphatic heterocycles. The molecule has 0 fully saturated rings. The van der Waals surface area contributed by atoms with Gasteiger partial charge in [-0.25, -0.2) is 0 Å². The normalized spacial score (nSPS) is 8.40. The van der Waals surface area contributed by atoms with Gasteiger partial charge < -0.3 is 10.0 Å². The third-order valence-electron chi connectivity index (χ3n) is 0.954. The summed E-state index contributed by atoms with van der Waals surface area (Å²) in [6.45, 7) is 3.49. The van der Waals surface area contributed by atoms with E-state index in [2.05, 4.69) is 6.58 Å². The van der Waals surface area contributed by atoms with Crippen molar-refractivity contribution in [3.8, 4) is 0 Å². The van der Waals surface area contributed by atoms with Gasteiger partial charge in [-0.3, -0.25) is 9.59 Å². The van der Waals surface area contributed by atoms with Crippen molar-refractivity contribution in [1.82, 2.24) is 4.90 Å². The molecule has 0 aromatic carbocycles. The van der Waals surface area contributed by atoms with E-state index in [1.807, 2.05) is 0 Å². The van der Waals surface area contributed by atoms with Crippen LogP contribution in [-0.2, 0) is 9.59 Å². The largest absolute Gasteiger partial charge is 0.481 e. The van der Waals surface area contributed by atoms with Crippen LogP contribution in [-0.4, -0.2) is 28.9 Å². The van der Waals surface area contributed by atoms with Gasteiger partial charge in [0, 0.05) is 6.54 Å². The monoisotopic (exact) mass is 143 g/mol. The third-order valence-corrected chi connectivity index (χ3v) is 0.954. The first-order valence-corrected chi connectivity index (χ1v) is 2.76. The highest BCUT2D eigenvalue weighted by Crippen LogP contribution is 1.86. The van der Waals surface area contributed by atoms with Gasteiger partial charge in [-0.2, -0.15) is 0 Å². The Morgan fingerprint density at radius 2 is 2.30 bits per heavy atom. The standard InChI is InChI=1S/C6H9NO3/c1-2-7(5-8)4-3-6(9)10/h2,5H,1,3-4H2,(H,9,10). The minimum Gasteiger partial charge on any atom is -0.481 e. The van der Waals surface area contributed by atoms with E-state index >= 15 is 0 Å². The number of carbonyl (C=O) groups is 2. The van der Waals surface area contributed by atoms with Crippen molar-refractivity contribution in [3.63, 3.8) is 0 Å². The van der Waals surface area contributed by atoms with Gasteiger partial charge in [0.2, 0.25) is 6.41 Å². The Morgan fingerprint density at radius 1 is 1.70 bits per heavy atom. The summed E-state index contributed by atoms with van der Waals surface area (Å²) in [5.41, 5.74) is 0. The second kappa shape index (κ2) is 4.55. The lowest BCUT2D eigenvalue weighted by Gasteiger charge is -2.07. The van der Waals surface area contributed by atoms with Crippen LogP contribution in [0.3, 0.4) is 0 Å². The molecule has 0 atom stereocenters. The van der Waals surface area contributed by atoms with Crippen molar-refractivity contribution in [2.45, 2.75) is 6.42 Å². The number of carboxylic acids is 1. The number of amides is 1. The predicted molar refractivity (Wildman–Crippen MR) is 35.2 cm³/mol. The van der Waals surface area contributed by atoms with Crippen molar-refractivity contribution < 1.29 is 14.7 Å². The van der Waals surface area contributed by atoms with Gasteiger partial charge in [0.25, 0.3) is 0 Å². The number of hydrogen-bond acceptors (Lipinski definition) is 2. The van der Waals surface area contributed by atoms with E-state index in [0.717, 1.165) is 0 Å². The molecule has 0 saturated carbocycles. The zero-order valence-corrected chi connectivity index (χ0v) is 5.49. The second-order valence-electron chi connectivity index (χ2n) is 1.67. The molecule has 0 spiro atoms. The molecule has 1 amide bonds. The molecule has 1 N–H and O–H groups in total. The number of aliphatic carboxylic acids is 1. The van der Waals surface area contributed by atoms with Gasteiger partial charge in [0.1, 0.15) is 0 Å². The van der Waals surface area contributed by atoms with Crippen LogP contribution < -0.4 is 0 Å². The first-order valence-electron chi connectivity index (χ1n) is 2.76. The number of nitrogens with zero attached hydrogens (tertiary/aromatic N) is 1. The summed E-state index contributed by atoms with van der Waals surface area (Å²) in [7, 11) is 0. The zero-order chi connectivity index (χ0) is 7.98. The van der Waals surface area contributed by atoms with Gasteiger partial charge in [0.15, 0.2) is 0 Å². The zero-order valence-electron chi connectivity index (χ0n) is 5.49. The molecular formula is C6H9NO3. The minimum atomic E-state index is -0.922. The maximum absolute atomic E-state index is 10.0. The molecule has 0 bridgehead atoms. The highest BCUT2D eigenvalue weighted by atomic mass is 16.4. The summed E-state index contributed by atoms with van der Waals surface area (Å²) in [6, 6.07) is 0. The van der Waals surface area contributed by atoms with Crippen LogP contribution in [0.25, 0.3) is 0 Å². The molecule has 4 nitrogen and oxygen atoms in total. The Labute approximate surface area is 58.8 Å². The molecule has 0 aliphatic carbocycles. The molecule has 0 aromatic heterocycles. The summed E-state index contributed by atoms with van der Waals surface area (Å²) < 4.78 is 0. The molecule has 56 valence electrons. The first-order chi connectivity index (χ1) is 4.70. The molecule has 10 heavy (non-hydrogen) atoms. The summed E-state index contributed by atoms with van der Waals surface area (Å²) >= 11 is 0. The second-order valence-corrected chi connectivity index (χ2v) is 1.67. The van der Waals surface area contributed by atoms with Crippen molar-refractivity contribution in [2.24, 2.45) is 0 Å². The third kappa shape index (κ3) is 3.65. The smallest absolute Gasteiger partial charge is 0.305 e. The Hall–Kier alpha value is -1.32. The summed E-state index contributed by atoms with van der Waals surface area (Å²) in [5.74, 6) is -0.922. The van der Waals surface area contributed by atoms with Crippen LogP contribution >= 0.6 is 0 Å². The van der Waals surface area contributed by atoms with E-state index in [-0.39, 0.29) is 13.0 Å². The van der Waals surface area contributed by atoms with E-state index in [4.69, 9.17) is 5.11 Å². The van der Waals surface area contributed by atoms with Gasteiger partial charge in [0.05, 0.1) is 6.42 Å². The Bertz CT molecular complexity index is 136. The number of carbonyl (C=O) groups excluding carboxylic acids is 1. The van der Waals surface area contributed by atoms with E-state index in [9.17, 15) is 9.59 Å². The average Bonchev–Trinajstić information content (AvgIpc) is 1.90. The first kappa shape index (κ1) is 8.68. The lowest BCUT2D eigenvalue weighted by molar-refractivity contribution is -0.137. The number of rotatable bonds is 5. The average molecular weight is 143 g/mol. The van der Waals surface area contributed by atoms with Gasteiger partial charge in [-0.05, 0) is 6.20 Å². The van der Waals surface area contributed by atoms with Crippen LogP contribution in [0.2, 0.25) is 0 Å². The fraction of sp³-hybridized carbons (Fsp3) is 0.333. The minimum absolute atomic E-state index is 0.0508. The Balaban J connectivity index is 3.54. The predicted octanol–water partition coefficient (Wildman–Crippen LogP) is 0.0630. The van der Waals surface area contributed by atoms with Gasteiger partial charge in [-0.15, -0.1) is 0 Å². The topological polar surface area (TPSA) is 57.6 Å². The highest BCUT2D eigenvalue weighted by Gasteiger charge is 1.99. The van der Waals surface area contributed by atoms with E-state index in [0.29, 0.717) is 6.41 Å². The van der Waals surface area contributed by atoms with Crippen LogP contribution in [0.4, 0.5) is 0 Å². The van der Waals surface area contributed by atoms with Gasteiger partial charge in [-0.1, -0.05) is 6.58 Å². The van der Waals surface area contributed by atoms with Crippen molar-refractivity contribution in [2.75, 3.05) is 6.54 Å². The highest BCUT2D eigenvalue weighted by molar-refractivity contribution is 5.67. The fourth-order valence-electron chi connectivity index (χ4n) is 0.412. The Morgan fingerprint density at radius 3 is 2.60 bits per heavy atom. The molecule has 4 heteroatoms. The molecule has 0 aromatic rings. The van der Waals surface area contributed by atoms with E-state index < -0.39 is 5.97 Å². The van der Waals surface area contributed by atoms with Crippen molar-refractivity contribution in [3.05, 3.63) is 12.8 Å². The summed E-state index contributed by atoms with van der Waals surface area (Å²) in [6.07, 6.45) is 1.77. The fourth-order valence-corrected chi connectivity index (χ4v) is 0.412. The van der Waals surface area contributed by atoms with Crippen molar-refractivity contribution >= 4 is 12.4 Å². The van der Waals surface area contributed by atoms with Crippen LogP contribution in [0.15, 0.2) is 12.8 Å². The maximum Gasteiger partial charge on any atom is 0.305 e. The van der Waals surface area contributed by atoms with E-state index in [1.54, 1.807) is 0 Å². The lowest BCUT2D eigenvalue weighted by atomic mass is 10.4. The summed E-state index contributed by atoms with van der Waals surface area (Å²) in [4.78, 5) is 21.1. The molecule has 0 radical (unpaired) electrons. The summed E-state index contributed by atoms with van der Waals surface area (Å²) in [5, 5.41) is 8.18. The molecule has 0 aliphatic rings. The molecule has 0 heterocycles. The molecule has 0 rings (SSSR count). The quantitative estimate of drug-likeness (QED) is 0.554. The molecule has 0 saturated heterocycles. The maximum atomic E-state index is 10.0. The Kier molecular flexibility index (Phi) is 3.95. The van der Waals surface area contributed by atoms with Crippen molar-refractivity contribution in [1.29, 1.82) is 0 Å². The molecular weight excluding hydrogens is 134 g/mol. The van der Waals surface area contributed by atoms with Crippen LogP contribution in [0, 0.1) is 0 Å². The van der Waals surface area contributed by atoms with Crippen LogP contribution in [0.5, 0.6) is 0 Å². The number of hydrogen-bond donors (Lipinski definition) is 1. The van der Waals surface area contributed by atoms with E-state index in [1.165, 1.54) is 11.1 Å². The molecule has 0 unspecified atom stereocenters. The lowest BCUT2D eigenvalue weighted by Crippen LogP contribution is -2.18.